The molecule has 3 heteroatoms. The lowest BCUT2D eigenvalue weighted by Gasteiger charge is -2.33. The van der Waals surface area contributed by atoms with Crippen molar-refractivity contribution in [3.05, 3.63) is 142 Å². The van der Waals surface area contributed by atoms with E-state index in [1.54, 1.807) is 0 Å². The number of rotatable bonds is 1. The second-order valence-corrected chi connectivity index (χ2v) is 11.0. The van der Waals surface area contributed by atoms with Crippen LogP contribution in [0.2, 0.25) is 10.0 Å². The molecular formula is C35H21Cl2N. The predicted octanol–water partition coefficient (Wildman–Crippen LogP) is 10.8. The van der Waals surface area contributed by atoms with Crippen LogP contribution in [-0.2, 0) is 0 Å². The van der Waals surface area contributed by atoms with Gasteiger partial charge in [-0.15, -0.1) is 0 Å². The van der Waals surface area contributed by atoms with Crippen LogP contribution >= 0.6 is 23.2 Å². The average Bonchev–Trinajstić information content (AvgIpc) is 2.94. The van der Waals surface area contributed by atoms with Crippen LogP contribution in [0, 0.1) is 0 Å². The zero-order valence-corrected chi connectivity index (χ0v) is 21.8. The van der Waals surface area contributed by atoms with Crippen molar-refractivity contribution in [2.24, 2.45) is 0 Å². The zero-order chi connectivity index (χ0) is 25.4. The van der Waals surface area contributed by atoms with Gasteiger partial charge in [0, 0.05) is 27.3 Å². The number of nitrogens with one attached hydrogen (secondary N) is 1. The molecule has 0 radical (unpaired) electrons. The van der Waals surface area contributed by atoms with Crippen molar-refractivity contribution in [1.82, 2.24) is 0 Å². The van der Waals surface area contributed by atoms with Gasteiger partial charge >= 0.3 is 0 Å². The van der Waals surface area contributed by atoms with Crippen molar-refractivity contribution in [3.63, 3.8) is 0 Å². The standard InChI is InChI=1S/C35H21Cl2N/c36-26-11-12-27(30(37)19-26)35-33-28-17-22-7-3-1-5-20(22)15-24(28)9-13-31(33)38-32-14-10-25-16-21-6-2-4-8-23(21)18-29(25)34(32)35/h1-19,35,38H. The molecule has 1 aliphatic heterocycles. The summed E-state index contributed by atoms with van der Waals surface area (Å²) in [6, 6.07) is 41.1. The van der Waals surface area contributed by atoms with Gasteiger partial charge in [-0.2, -0.15) is 0 Å². The fourth-order valence-corrected chi connectivity index (χ4v) is 6.77. The van der Waals surface area contributed by atoms with Crippen LogP contribution in [0.15, 0.2) is 115 Å². The molecule has 0 spiro atoms. The summed E-state index contributed by atoms with van der Waals surface area (Å²) in [7, 11) is 0. The quantitative estimate of drug-likeness (QED) is 0.210. The van der Waals surface area contributed by atoms with Crippen molar-refractivity contribution >= 4 is 77.7 Å². The highest BCUT2D eigenvalue weighted by molar-refractivity contribution is 6.35. The predicted molar refractivity (Wildman–Crippen MR) is 164 cm³/mol. The Morgan fingerprint density at radius 2 is 0.974 bits per heavy atom. The van der Waals surface area contributed by atoms with E-state index in [0.29, 0.717) is 10.0 Å². The molecular weight excluding hydrogens is 505 g/mol. The topological polar surface area (TPSA) is 12.0 Å². The lowest BCUT2D eigenvalue weighted by atomic mass is 9.76. The Morgan fingerprint density at radius 3 is 1.47 bits per heavy atom. The molecule has 0 saturated heterocycles. The van der Waals surface area contributed by atoms with Crippen molar-refractivity contribution in [3.8, 4) is 0 Å². The van der Waals surface area contributed by atoms with E-state index in [2.05, 4.69) is 108 Å². The molecule has 0 unspecified atom stereocenters. The Bertz CT molecular complexity index is 1970. The van der Waals surface area contributed by atoms with Gasteiger partial charge in [0.15, 0.2) is 0 Å². The summed E-state index contributed by atoms with van der Waals surface area (Å²) in [6.45, 7) is 0. The van der Waals surface area contributed by atoms with E-state index in [-0.39, 0.29) is 5.92 Å². The number of hydrogen-bond donors (Lipinski definition) is 1. The van der Waals surface area contributed by atoms with Gasteiger partial charge in [0.25, 0.3) is 0 Å². The minimum absolute atomic E-state index is 0.0688. The summed E-state index contributed by atoms with van der Waals surface area (Å²) in [5, 5.41) is 14.9. The summed E-state index contributed by atoms with van der Waals surface area (Å²) in [4.78, 5) is 0. The monoisotopic (exact) mass is 525 g/mol. The smallest absolute Gasteiger partial charge is 0.0462 e. The summed E-state index contributed by atoms with van der Waals surface area (Å²) in [5.74, 6) is -0.0688. The Labute approximate surface area is 230 Å². The van der Waals surface area contributed by atoms with Gasteiger partial charge in [0.1, 0.15) is 0 Å². The van der Waals surface area contributed by atoms with Crippen LogP contribution in [0.1, 0.15) is 22.6 Å². The minimum Gasteiger partial charge on any atom is -0.355 e. The van der Waals surface area contributed by atoms with Gasteiger partial charge in [-0.25, -0.2) is 0 Å². The lowest BCUT2D eigenvalue weighted by molar-refractivity contribution is 0.989. The minimum atomic E-state index is -0.0688. The van der Waals surface area contributed by atoms with Crippen LogP contribution < -0.4 is 5.32 Å². The molecule has 1 aliphatic rings. The van der Waals surface area contributed by atoms with Gasteiger partial charge in [-0.3, -0.25) is 0 Å². The Kier molecular flexibility index (Phi) is 4.76. The van der Waals surface area contributed by atoms with Crippen LogP contribution in [0.3, 0.4) is 0 Å². The van der Waals surface area contributed by atoms with Crippen molar-refractivity contribution in [1.29, 1.82) is 0 Å². The molecule has 8 rings (SSSR count). The lowest BCUT2D eigenvalue weighted by Crippen LogP contribution is -2.15. The van der Waals surface area contributed by atoms with Crippen molar-refractivity contribution in [2.75, 3.05) is 5.32 Å². The van der Waals surface area contributed by atoms with Gasteiger partial charge in [-0.1, -0.05) is 89.9 Å². The third kappa shape index (κ3) is 3.26. The molecule has 0 aromatic heterocycles. The third-order valence-corrected chi connectivity index (χ3v) is 8.54. The molecule has 1 N–H and O–H groups in total. The molecule has 0 fully saturated rings. The number of hydrogen-bond acceptors (Lipinski definition) is 1. The molecule has 0 aliphatic carbocycles. The molecule has 7 aromatic rings. The van der Waals surface area contributed by atoms with E-state index in [9.17, 15) is 0 Å². The highest BCUT2D eigenvalue weighted by Gasteiger charge is 2.32. The Morgan fingerprint density at radius 1 is 0.474 bits per heavy atom. The van der Waals surface area contributed by atoms with E-state index >= 15 is 0 Å². The second-order valence-electron chi connectivity index (χ2n) is 10.1. The molecule has 38 heavy (non-hydrogen) atoms. The number of anilines is 2. The summed E-state index contributed by atoms with van der Waals surface area (Å²) >= 11 is 13.4. The Balaban J connectivity index is 1.52. The van der Waals surface area contributed by atoms with Crippen LogP contribution in [-0.4, -0.2) is 0 Å². The van der Waals surface area contributed by atoms with E-state index in [0.717, 1.165) is 16.9 Å². The molecule has 0 saturated carbocycles. The van der Waals surface area contributed by atoms with Gasteiger partial charge in [0.2, 0.25) is 0 Å². The van der Waals surface area contributed by atoms with E-state index in [1.165, 1.54) is 54.2 Å². The highest BCUT2D eigenvalue weighted by Crippen LogP contribution is 2.52. The molecule has 0 atom stereocenters. The maximum atomic E-state index is 6.98. The molecule has 1 heterocycles. The highest BCUT2D eigenvalue weighted by atomic mass is 35.5. The third-order valence-electron chi connectivity index (χ3n) is 7.98. The zero-order valence-electron chi connectivity index (χ0n) is 20.3. The SMILES string of the molecule is Clc1ccc(C2c3c(ccc4cc5ccccc5cc34)Nc3ccc4cc5ccccc5cc4c32)c(Cl)c1. The first-order valence-electron chi connectivity index (χ1n) is 12.8. The van der Waals surface area contributed by atoms with Crippen molar-refractivity contribution in [2.45, 2.75) is 5.92 Å². The summed E-state index contributed by atoms with van der Waals surface area (Å²) in [6.07, 6.45) is 0. The maximum Gasteiger partial charge on any atom is 0.0462 e. The fraction of sp³-hybridized carbons (Fsp3) is 0.0286. The van der Waals surface area contributed by atoms with E-state index in [1.807, 2.05) is 12.1 Å². The first-order chi connectivity index (χ1) is 18.6. The number of fused-ring (bicyclic) bond motifs is 8. The van der Waals surface area contributed by atoms with Crippen LogP contribution in [0.4, 0.5) is 11.4 Å². The molecule has 180 valence electrons. The number of halogens is 2. The molecule has 0 bridgehead atoms. The second kappa shape index (κ2) is 8.23. The van der Waals surface area contributed by atoms with Gasteiger partial charge < -0.3 is 5.32 Å². The van der Waals surface area contributed by atoms with Crippen LogP contribution in [0.25, 0.3) is 43.1 Å². The first kappa shape index (κ1) is 22.0. The van der Waals surface area contributed by atoms with Crippen molar-refractivity contribution < 1.29 is 0 Å². The Hall–Kier alpha value is -4.04. The maximum absolute atomic E-state index is 6.98. The summed E-state index contributed by atoms with van der Waals surface area (Å²) in [5.41, 5.74) is 5.76. The van der Waals surface area contributed by atoms with Gasteiger partial charge in [-0.05, 0) is 108 Å². The summed E-state index contributed by atoms with van der Waals surface area (Å²) < 4.78 is 0. The van der Waals surface area contributed by atoms with Gasteiger partial charge in [0.05, 0.1) is 0 Å². The van der Waals surface area contributed by atoms with E-state index in [4.69, 9.17) is 23.2 Å². The fourth-order valence-electron chi connectivity index (χ4n) is 6.25. The first-order valence-corrected chi connectivity index (χ1v) is 13.5. The normalized spacial score (nSPS) is 13.1. The molecule has 7 aromatic carbocycles. The molecule has 0 amide bonds. The van der Waals surface area contributed by atoms with Crippen LogP contribution in [0.5, 0.6) is 0 Å². The largest absolute Gasteiger partial charge is 0.355 e. The average molecular weight is 526 g/mol. The number of benzene rings is 7. The molecule has 1 nitrogen and oxygen atoms in total. The van der Waals surface area contributed by atoms with E-state index < -0.39 is 0 Å².